The van der Waals surface area contributed by atoms with Crippen LogP contribution in [0.1, 0.15) is 18.1 Å². The highest BCUT2D eigenvalue weighted by Crippen LogP contribution is 2.18. The molecule has 3 rings (SSSR count). The molecule has 1 aromatic heterocycles. The number of aromatic nitrogens is 2. The summed E-state index contributed by atoms with van der Waals surface area (Å²) in [5, 5.41) is 10.4. The number of nitrogens with zero attached hydrogens (tertiary/aromatic N) is 2. The molecule has 4 nitrogen and oxygen atoms in total. The van der Waals surface area contributed by atoms with E-state index in [0.29, 0.717) is 6.54 Å². The highest BCUT2D eigenvalue weighted by atomic mass is 16.5. The van der Waals surface area contributed by atoms with Crippen LogP contribution in [0.4, 0.5) is 0 Å². The van der Waals surface area contributed by atoms with Crippen LogP contribution in [0.3, 0.4) is 0 Å². The van der Waals surface area contributed by atoms with Gasteiger partial charge in [-0.3, -0.25) is 0 Å². The Morgan fingerprint density at radius 2 is 2.00 bits per heavy atom. The Kier molecular flexibility index (Phi) is 4.86. The van der Waals surface area contributed by atoms with Crippen molar-refractivity contribution in [3.63, 3.8) is 0 Å². The molecular weight excluding hydrogens is 300 g/mol. The Balaban J connectivity index is 1.67. The Hall–Kier alpha value is -2.33. The highest BCUT2D eigenvalue weighted by Gasteiger charge is 2.16. The third-order valence-corrected chi connectivity index (χ3v) is 4.25. The molecule has 1 heterocycles. The predicted molar refractivity (Wildman–Crippen MR) is 95.2 cm³/mol. The standard InChI is InChI=1S/C20H25N2O2/c1-4-16-9-15(2)10-18(11-16)24-13-17(23)12-22-14-21(3)19-7-5-6-8-20(19)22/h5-11,14,17,23H,4,12-13H2,1-3H3/q+1/t17-/m1/s1. The normalized spacial score (nSPS) is 12.5. The van der Waals surface area contributed by atoms with Crippen molar-refractivity contribution < 1.29 is 14.4 Å². The molecule has 0 saturated heterocycles. The molecule has 3 aromatic rings. The number of hydrogen-bond donors (Lipinski definition) is 1. The third kappa shape index (κ3) is 3.60. The fourth-order valence-corrected chi connectivity index (χ4v) is 3.07. The minimum absolute atomic E-state index is 0.281. The summed E-state index contributed by atoms with van der Waals surface area (Å²) in [6.07, 6.45) is 2.42. The molecule has 2 aromatic carbocycles. The fraction of sp³-hybridized carbons (Fsp3) is 0.350. The number of hydrogen-bond acceptors (Lipinski definition) is 2. The van der Waals surface area contributed by atoms with Crippen molar-refractivity contribution in [3.05, 3.63) is 59.9 Å². The van der Waals surface area contributed by atoms with E-state index < -0.39 is 6.10 Å². The van der Waals surface area contributed by atoms with Gasteiger partial charge in [-0.2, -0.15) is 0 Å². The number of fused-ring (bicyclic) bond motifs is 1. The summed E-state index contributed by atoms with van der Waals surface area (Å²) in [7, 11) is 2.01. The summed E-state index contributed by atoms with van der Waals surface area (Å²) >= 11 is 0. The third-order valence-electron chi connectivity index (χ3n) is 4.25. The second-order valence-electron chi connectivity index (χ2n) is 6.34. The van der Waals surface area contributed by atoms with Crippen molar-refractivity contribution in [2.24, 2.45) is 7.05 Å². The molecular formula is C20H25N2O2+. The van der Waals surface area contributed by atoms with E-state index in [9.17, 15) is 5.11 Å². The van der Waals surface area contributed by atoms with Crippen molar-refractivity contribution in [1.82, 2.24) is 4.57 Å². The Morgan fingerprint density at radius 3 is 2.79 bits per heavy atom. The lowest BCUT2D eigenvalue weighted by molar-refractivity contribution is -0.645. The predicted octanol–water partition coefficient (Wildman–Crippen LogP) is 2.78. The molecule has 0 aliphatic rings. The van der Waals surface area contributed by atoms with Gasteiger partial charge in [-0.15, -0.1) is 0 Å². The lowest BCUT2D eigenvalue weighted by Gasteiger charge is -2.12. The summed E-state index contributed by atoms with van der Waals surface area (Å²) in [4.78, 5) is 0. The van der Waals surface area contributed by atoms with Crippen LogP contribution in [0.25, 0.3) is 11.0 Å². The number of ether oxygens (including phenoxy) is 1. The minimum atomic E-state index is -0.564. The van der Waals surface area contributed by atoms with Gasteiger partial charge in [0.25, 0.3) is 0 Å². The Bertz CT molecular complexity index is 839. The number of rotatable bonds is 6. The molecule has 0 fully saturated rings. The molecule has 0 radical (unpaired) electrons. The van der Waals surface area contributed by atoms with Crippen molar-refractivity contribution in [2.45, 2.75) is 32.9 Å². The van der Waals surface area contributed by atoms with Crippen LogP contribution in [-0.2, 0) is 20.0 Å². The Labute approximate surface area is 142 Å². The zero-order chi connectivity index (χ0) is 17.1. The number of imidazole rings is 1. The fourth-order valence-electron chi connectivity index (χ4n) is 3.07. The van der Waals surface area contributed by atoms with Crippen LogP contribution < -0.4 is 9.30 Å². The first-order chi connectivity index (χ1) is 11.6. The number of benzene rings is 2. The molecule has 4 heteroatoms. The summed E-state index contributed by atoms with van der Waals surface area (Å²) in [6, 6.07) is 14.4. The van der Waals surface area contributed by atoms with E-state index in [0.717, 1.165) is 23.2 Å². The quantitative estimate of drug-likeness (QED) is 0.708. The maximum absolute atomic E-state index is 10.4. The van der Waals surface area contributed by atoms with Crippen LogP contribution >= 0.6 is 0 Å². The molecule has 1 N–H and O–H groups in total. The number of para-hydroxylation sites is 2. The van der Waals surface area contributed by atoms with Crippen LogP contribution in [0.5, 0.6) is 5.75 Å². The summed E-state index contributed by atoms with van der Waals surface area (Å²) in [5.74, 6) is 0.828. The van der Waals surface area contributed by atoms with Gasteiger partial charge in [0.2, 0.25) is 6.33 Å². The van der Waals surface area contributed by atoms with Gasteiger partial charge in [0.05, 0.1) is 7.05 Å². The molecule has 0 amide bonds. The lowest BCUT2D eigenvalue weighted by atomic mass is 10.1. The lowest BCUT2D eigenvalue weighted by Crippen LogP contribution is -2.27. The SMILES string of the molecule is CCc1cc(C)cc(OC[C@H](O)Cn2c[n+](C)c3ccccc32)c1. The Morgan fingerprint density at radius 1 is 1.21 bits per heavy atom. The second-order valence-corrected chi connectivity index (χ2v) is 6.34. The van der Waals surface area contributed by atoms with Gasteiger partial charge in [0.15, 0.2) is 11.0 Å². The topological polar surface area (TPSA) is 38.3 Å². The van der Waals surface area contributed by atoms with Crippen molar-refractivity contribution in [2.75, 3.05) is 6.61 Å². The molecule has 0 aliphatic heterocycles. The number of aryl methyl sites for hydroxylation is 3. The second kappa shape index (κ2) is 7.05. The average Bonchev–Trinajstić information content (AvgIpc) is 2.89. The maximum atomic E-state index is 10.4. The summed E-state index contributed by atoms with van der Waals surface area (Å²) in [6.45, 7) is 4.98. The largest absolute Gasteiger partial charge is 0.491 e. The smallest absolute Gasteiger partial charge is 0.244 e. The van der Waals surface area contributed by atoms with Gasteiger partial charge >= 0.3 is 0 Å². The zero-order valence-corrected chi connectivity index (χ0v) is 14.6. The van der Waals surface area contributed by atoms with E-state index in [2.05, 4.69) is 41.2 Å². The van der Waals surface area contributed by atoms with Gasteiger partial charge in [0, 0.05) is 0 Å². The molecule has 24 heavy (non-hydrogen) atoms. The highest BCUT2D eigenvalue weighted by molar-refractivity contribution is 5.71. The van der Waals surface area contributed by atoms with Crippen LogP contribution in [0.2, 0.25) is 0 Å². The van der Waals surface area contributed by atoms with E-state index in [1.165, 1.54) is 11.1 Å². The number of aliphatic hydroxyl groups is 1. The molecule has 1 atom stereocenters. The molecule has 0 aliphatic carbocycles. The average molecular weight is 325 g/mol. The van der Waals surface area contributed by atoms with E-state index in [-0.39, 0.29) is 6.61 Å². The molecule has 0 saturated carbocycles. The molecule has 0 unspecified atom stereocenters. The van der Waals surface area contributed by atoms with Gasteiger partial charge in [0.1, 0.15) is 25.0 Å². The zero-order valence-electron chi connectivity index (χ0n) is 14.6. The van der Waals surface area contributed by atoms with Crippen LogP contribution in [0.15, 0.2) is 48.8 Å². The first-order valence-corrected chi connectivity index (χ1v) is 8.41. The van der Waals surface area contributed by atoms with Crippen molar-refractivity contribution >= 4 is 11.0 Å². The molecule has 0 spiro atoms. The van der Waals surface area contributed by atoms with Gasteiger partial charge in [-0.05, 0) is 48.7 Å². The van der Waals surface area contributed by atoms with Crippen molar-refractivity contribution in [3.8, 4) is 5.75 Å². The van der Waals surface area contributed by atoms with Gasteiger partial charge in [-0.25, -0.2) is 9.13 Å². The van der Waals surface area contributed by atoms with E-state index >= 15 is 0 Å². The summed E-state index contributed by atoms with van der Waals surface area (Å²) in [5.41, 5.74) is 4.70. The van der Waals surface area contributed by atoms with E-state index in [4.69, 9.17) is 4.74 Å². The van der Waals surface area contributed by atoms with Crippen molar-refractivity contribution in [1.29, 1.82) is 0 Å². The van der Waals surface area contributed by atoms with Gasteiger partial charge in [-0.1, -0.05) is 25.1 Å². The van der Waals surface area contributed by atoms with Gasteiger partial charge < -0.3 is 9.84 Å². The molecule has 126 valence electrons. The van der Waals surface area contributed by atoms with E-state index in [1.807, 2.05) is 37.6 Å². The first-order valence-electron chi connectivity index (χ1n) is 8.41. The minimum Gasteiger partial charge on any atom is -0.491 e. The van der Waals surface area contributed by atoms with Crippen LogP contribution in [0, 0.1) is 6.92 Å². The maximum Gasteiger partial charge on any atom is 0.244 e. The first kappa shape index (κ1) is 16.5. The van der Waals surface area contributed by atoms with Crippen LogP contribution in [-0.4, -0.2) is 22.4 Å². The molecule has 0 bridgehead atoms. The van der Waals surface area contributed by atoms with E-state index in [1.54, 1.807) is 0 Å². The monoisotopic (exact) mass is 325 g/mol. The number of aliphatic hydroxyl groups excluding tert-OH is 1. The summed E-state index contributed by atoms with van der Waals surface area (Å²) < 4.78 is 9.95.